The molecule has 0 saturated carbocycles. The summed E-state index contributed by atoms with van der Waals surface area (Å²) in [6.07, 6.45) is -5.26. The van der Waals surface area contributed by atoms with Gasteiger partial charge in [0.05, 0.1) is 23.9 Å². The topological polar surface area (TPSA) is 58.3 Å². The maximum absolute atomic E-state index is 12.4. The molecule has 2 rings (SSSR count). The molecular formula is C14H15F3N2O2. The van der Waals surface area contributed by atoms with E-state index >= 15 is 0 Å². The van der Waals surface area contributed by atoms with Crippen LogP contribution in [0.15, 0.2) is 34.9 Å². The molecule has 1 atom stereocenters. The molecule has 1 aromatic heterocycles. The molecule has 2 aromatic rings. The first-order valence-electron chi connectivity index (χ1n) is 6.34. The van der Waals surface area contributed by atoms with Gasteiger partial charge in [0, 0.05) is 12.6 Å². The highest BCUT2D eigenvalue weighted by molar-refractivity contribution is 5.26. The average molecular weight is 300 g/mol. The lowest BCUT2D eigenvalue weighted by Gasteiger charge is -2.13. The second kappa shape index (κ2) is 6.28. The number of hydrogen-bond acceptors (Lipinski definition) is 4. The molecule has 1 heterocycles. The van der Waals surface area contributed by atoms with Crippen molar-refractivity contribution in [2.24, 2.45) is 0 Å². The summed E-state index contributed by atoms with van der Waals surface area (Å²) in [5.74, 6) is 0.632. The summed E-state index contributed by atoms with van der Waals surface area (Å²) >= 11 is 0. The number of nitrogens with one attached hydrogen (secondary N) is 1. The van der Waals surface area contributed by atoms with Gasteiger partial charge in [-0.05, 0) is 24.6 Å². The fraction of sp³-hybridized carbons (Fsp3) is 0.357. The second-order valence-electron chi connectivity index (χ2n) is 4.70. The van der Waals surface area contributed by atoms with E-state index < -0.39 is 17.8 Å². The van der Waals surface area contributed by atoms with Gasteiger partial charge in [0.25, 0.3) is 0 Å². The first-order chi connectivity index (χ1) is 9.86. The molecule has 2 N–H and O–H groups in total. The Morgan fingerprint density at radius 1 is 1.29 bits per heavy atom. The molecule has 0 saturated heterocycles. The van der Waals surface area contributed by atoms with Crippen LogP contribution in [-0.2, 0) is 12.7 Å². The quantitative estimate of drug-likeness (QED) is 0.891. The Kier molecular flexibility index (Phi) is 4.64. The van der Waals surface area contributed by atoms with E-state index in [-0.39, 0.29) is 6.54 Å². The molecule has 4 nitrogen and oxygen atoms in total. The summed E-state index contributed by atoms with van der Waals surface area (Å²) in [6.45, 7) is 2.38. The normalized spacial score (nSPS) is 13.4. The van der Waals surface area contributed by atoms with Crippen molar-refractivity contribution in [2.75, 3.05) is 6.54 Å². The largest absolute Gasteiger partial charge is 0.416 e. The molecule has 0 aliphatic rings. The molecule has 0 spiro atoms. The van der Waals surface area contributed by atoms with Crippen LogP contribution in [0, 0.1) is 6.92 Å². The summed E-state index contributed by atoms with van der Waals surface area (Å²) in [5.41, 5.74) is 0.447. The van der Waals surface area contributed by atoms with Crippen LogP contribution < -0.4 is 5.32 Å². The third kappa shape index (κ3) is 4.30. The molecular weight excluding hydrogens is 285 g/mol. The van der Waals surface area contributed by atoms with E-state index in [0.29, 0.717) is 17.9 Å². The van der Waals surface area contributed by atoms with Crippen molar-refractivity contribution in [3.8, 4) is 0 Å². The lowest BCUT2D eigenvalue weighted by molar-refractivity contribution is -0.137. The maximum atomic E-state index is 12.4. The van der Waals surface area contributed by atoms with E-state index in [4.69, 9.17) is 4.52 Å². The van der Waals surface area contributed by atoms with Crippen LogP contribution in [-0.4, -0.2) is 16.8 Å². The number of aromatic nitrogens is 1. The fourth-order valence-corrected chi connectivity index (χ4v) is 1.84. The van der Waals surface area contributed by atoms with Gasteiger partial charge in [-0.2, -0.15) is 13.2 Å². The van der Waals surface area contributed by atoms with Crippen molar-refractivity contribution in [3.05, 3.63) is 52.9 Å². The van der Waals surface area contributed by atoms with Crippen molar-refractivity contribution in [3.63, 3.8) is 0 Å². The summed E-state index contributed by atoms with van der Waals surface area (Å²) in [5, 5.41) is 16.6. The van der Waals surface area contributed by atoms with E-state index in [2.05, 4.69) is 10.5 Å². The Balaban J connectivity index is 1.87. The molecule has 114 valence electrons. The second-order valence-corrected chi connectivity index (χ2v) is 4.70. The zero-order valence-electron chi connectivity index (χ0n) is 11.3. The third-order valence-electron chi connectivity index (χ3n) is 2.94. The molecule has 1 unspecified atom stereocenters. The summed E-state index contributed by atoms with van der Waals surface area (Å²) < 4.78 is 42.3. The standard InChI is InChI=1S/C14H15F3N2O2/c1-9-6-12(21-19-9)7-18-8-13(20)10-2-4-11(5-3-10)14(15,16)17/h2-6,13,18,20H,7-8H2,1H3. The number of hydrogen-bond donors (Lipinski definition) is 2. The smallest absolute Gasteiger partial charge is 0.387 e. The van der Waals surface area contributed by atoms with Crippen molar-refractivity contribution in [1.29, 1.82) is 0 Å². The first-order valence-corrected chi connectivity index (χ1v) is 6.34. The lowest BCUT2D eigenvalue weighted by atomic mass is 10.1. The predicted molar refractivity (Wildman–Crippen MR) is 69.4 cm³/mol. The van der Waals surface area contributed by atoms with E-state index in [1.54, 1.807) is 13.0 Å². The number of aliphatic hydroxyl groups excluding tert-OH is 1. The van der Waals surface area contributed by atoms with Gasteiger partial charge in [-0.1, -0.05) is 17.3 Å². The first kappa shape index (κ1) is 15.5. The van der Waals surface area contributed by atoms with E-state index in [0.717, 1.165) is 17.8 Å². The molecule has 1 aromatic carbocycles. The minimum absolute atomic E-state index is 0.200. The van der Waals surface area contributed by atoms with Crippen molar-refractivity contribution >= 4 is 0 Å². The highest BCUT2D eigenvalue weighted by Crippen LogP contribution is 2.29. The van der Waals surface area contributed by atoms with Gasteiger partial charge in [0.1, 0.15) is 0 Å². The van der Waals surface area contributed by atoms with Crippen molar-refractivity contribution in [1.82, 2.24) is 10.5 Å². The van der Waals surface area contributed by atoms with Crippen LogP contribution in [0.25, 0.3) is 0 Å². The average Bonchev–Trinajstić information content (AvgIpc) is 2.83. The van der Waals surface area contributed by atoms with Crippen molar-refractivity contribution < 1.29 is 22.8 Å². The van der Waals surface area contributed by atoms with Crippen LogP contribution in [0.5, 0.6) is 0 Å². The van der Waals surface area contributed by atoms with Gasteiger partial charge in [-0.15, -0.1) is 0 Å². The van der Waals surface area contributed by atoms with Gasteiger partial charge in [0.15, 0.2) is 5.76 Å². The maximum Gasteiger partial charge on any atom is 0.416 e. The Bertz CT molecular complexity index is 579. The molecule has 0 radical (unpaired) electrons. The molecule has 0 amide bonds. The predicted octanol–water partition coefficient (Wildman–Crippen LogP) is 2.83. The fourth-order valence-electron chi connectivity index (χ4n) is 1.84. The summed E-state index contributed by atoms with van der Waals surface area (Å²) in [4.78, 5) is 0. The number of alkyl halides is 3. The SMILES string of the molecule is Cc1cc(CNCC(O)c2ccc(C(F)(F)F)cc2)on1. The number of rotatable bonds is 5. The van der Waals surface area contributed by atoms with Crippen LogP contribution in [0.1, 0.15) is 28.7 Å². The van der Waals surface area contributed by atoms with Crippen LogP contribution in [0.2, 0.25) is 0 Å². The van der Waals surface area contributed by atoms with E-state index in [1.165, 1.54) is 12.1 Å². The third-order valence-corrected chi connectivity index (χ3v) is 2.94. The minimum atomic E-state index is -4.37. The van der Waals surface area contributed by atoms with Crippen LogP contribution in [0.3, 0.4) is 0 Å². The zero-order chi connectivity index (χ0) is 15.5. The molecule has 21 heavy (non-hydrogen) atoms. The lowest BCUT2D eigenvalue weighted by Crippen LogP contribution is -2.21. The van der Waals surface area contributed by atoms with E-state index in [1.807, 2.05) is 0 Å². The monoisotopic (exact) mass is 300 g/mol. The highest BCUT2D eigenvalue weighted by atomic mass is 19.4. The molecule has 0 fully saturated rings. The highest BCUT2D eigenvalue weighted by Gasteiger charge is 2.30. The zero-order valence-corrected chi connectivity index (χ0v) is 11.3. The Morgan fingerprint density at radius 2 is 1.95 bits per heavy atom. The number of aryl methyl sites for hydroxylation is 1. The number of aliphatic hydroxyl groups is 1. The van der Waals surface area contributed by atoms with Gasteiger partial charge in [-0.3, -0.25) is 0 Å². The van der Waals surface area contributed by atoms with Crippen LogP contribution >= 0.6 is 0 Å². The summed E-state index contributed by atoms with van der Waals surface area (Å²) in [7, 11) is 0. The summed E-state index contributed by atoms with van der Waals surface area (Å²) in [6, 6.07) is 6.22. The van der Waals surface area contributed by atoms with Gasteiger partial charge >= 0.3 is 6.18 Å². The number of benzene rings is 1. The number of nitrogens with zero attached hydrogens (tertiary/aromatic N) is 1. The Labute approximate surface area is 119 Å². The molecule has 0 aliphatic carbocycles. The Morgan fingerprint density at radius 3 is 2.48 bits per heavy atom. The van der Waals surface area contributed by atoms with Gasteiger partial charge in [-0.25, -0.2) is 0 Å². The minimum Gasteiger partial charge on any atom is -0.387 e. The van der Waals surface area contributed by atoms with Crippen LogP contribution in [0.4, 0.5) is 13.2 Å². The van der Waals surface area contributed by atoms with Crippen molar-refractivity contribution in [2.45, 2.75) is 25.7 Å². The number of halogens is 3. The van der Waals surface area contributed by atoms with Gasteiger partial charge in [0.2, 0.25) is 0 Å². The molecule has 7 heteroatoms. The molecule has 0 aliphatic heterocycles. The molecule has 0 bridgehead atoms. The Hall–Kier alpha value is -1.86. The van der Waals surface area contributed by atoms with E-state index in [9.17, 15) is 18.3 Å². The van der Waals surface area contributed by atoms with Gasteiger partial charge < -0.3 is 14.9 Å².